The molecule has 0 aliphatic rings. The van der Waals surface area contributed by atoms with Crippen LogP contribution in [0.2, 0.25) is 0 Å². The van der Waals surface area contributed by atoms with E-state index in [1.807, 2.05) is 30.5 Å². The second-order valence-electron chi connectivity index (χ2n) is 6.83. The van der Waals surface area contributed by atoms with Gasteiger partial charge in [-0.15, -0.1) is 11.3 Å². The third-order valence-corrected chi connectivity index (χ3v) is 5.69. The van der Waals surface area contributed by atoms with Crippen LogP contribution in [0.4, 0.5) is 5.82 Å². The van der Waals surface area contributed by atoms with Crippen LogP contribution >= 0.6 is 11.3 Å². The molecule has 6 nitrogen and oxygen atoms in total. The van der Waals surface area contributed by atoms with Gasteiger partial charge in [0, 0.05) is 36.4 Å². The van der Waals surface area contributed by atoms with Crippen LogP contribution < -0.4 is 10.6 Å². The molecule has 7 heteroatoms. The second kappa shape index (κ2) is 9.45. The molecule has 3 heterocycles. The number of carbonyl (C=O) groups is 1. The summed E-state index contributed by atoms with van der Waals surface area (Å²) in [6.45, 7) is 3.26. The van der Waals surface area contributed by atoms with Gasteiger partial charge in [-0.05, 0) is 37.5 Å². The summed E-state index contributed by atoms with van der Waals surface area (Å²) in [6.07, 6.45) is 5.41. The van der Waals surface area contributed by atoms with Crippen molar-refractivity contribution in [2.75, 3.05) is 18.4 Å². The predicted octanol–water partition coefficient (Wildman–Crippen LogP) is 4.55. The van der Waals surface area contributed by atoms with E-state index >= 15 is 0 Å². The number of fused-ring (bicyclic) bond motifs is 1. The first-order chi connectivity index (χ1) is 14.8. The Morgan fingerprint density at radius 1 is 1.07 bits per heavy atom. The molecular weight excluding hydrogens is 394 g/mol. The molecule has 0 fully saturated rings. The van der Waals surface area contributed by atoms with Gasteiger partial charge in [-0.1, -0.05) is 30.3 Å². The number of nitrogens with one attached hydrogen (secondary N) is 2. The van der Waals surface area contributed by atoms with Gasteiger partial charge in [-0.3, -0.25) is 9.78 Å². The summed E-state index contributed by atoms with van der Waals surface area (Å²) in [4.78, 5) is 26.1. The molecule has 0 spiro atoms. The van der Waals surface area contributed by atoms with Gasteiger partial charge >= 0.3 is 0 Å². The highest BCUT2D eigenvalue weighted by Crippen LogP contribution is 2.32. The van der Waals surface area contributed by atoms with E-state index in [1.165, 1.54) is 16.9 Å². The first-order valence-electron chi connectivity index (χ1n) is 10.0. The zero-order valence-electron chi connectivity index (χ0n) is 16.8. The maximum atomic E-state index is 12.5. The zero-order chi connectivity index (χ0) is 20.8. The third kappa shape index (κ3) is 4.46. The molecule has 0 atom stereocenters. The molecule has 0 aliphatic heterocycles. The molecule has 0 saturated carbocycles. The van der Waals surface area contributed by atoms with Crippen molar-refractivity contribution in [3.05, 3.63) is 71.4 Å². The molecule has 30 heavy (non-hydrogen) atoms. The number of amides is 1. The fourth-order valence-electron chi connectivity index (χ4n) is 3.23. The van der Waals surface area contributed by atoms with E-state index < -0.39 is 0 Å². The molecule has 1 aromatic carbocycles. The number of benzene rings is 1. The fraction of sp³-hybridized carbons (Fsp3) is 0.217. The second-order valence-corrected chi connectivity index (χ2v) is 7.71. The van der Waals surface area contributed by atoms with Gasteiger partial charge in [0.1, 0.15) is 11.3 Å². The number of pyridine rings is 1. The van der Waals surface area contributed by atoms with Crippen LogP contribution in [-0.4, -0.2) is 33.9 Å². The highest BCUT2D eigenvalue weighted by molar-refractivity contribution is 7.18. The van der Waals surface area contributed by atoms with Crippen molar-refractivity contribution >= 4 is 33.3 Å². The van der Waals surface area contributed by atoms with Crippen molar-refractivity contribution in [3.8, 4) is 11.4 Å². The lowest BCUT2D eigenvalue weighted by Gasteiger charge is -2.10. The molecule has 0 bridgehead atoms. The summed E-state index contributed by atoms with van der Waals surface area (Å²) in [5, 5.41) is 8.19. The molecule has 4 rings (SSSR count). The van der Waals surface area contributed by atoms with Gasteiger partial charge in [0.25, 0.3) is 5.91 Å². The van der Waals surface area contributed by atoms with Crippen LogP contribution in [0, 0.1) is 0 Å². The topological polar surface area (TPSA) is 79.8 Å². The Labute approximate surface area is 179 Å². The van der Waals surface area contributed by atoms with E-state index in [0.29, 0.717) is 23.4 Å². The summed E-state index contributed by atoms with van der Waals surface area (Å²) in [5.74, 6) is 1.23. The number of hydrogen-bond donors (Lipinski definition) is 2. The predicted molar refractivity (Wildman–Crippen MR) is 122 cm³/mol. The van der Waals surface area contributed by atoms with E-state index in [1.54, 1.807) is 12.4 Å². The van der Waals surface area contributed by atoms with Crippen LogP contribution in [0.5, 0.6) is 0 Å². The summed E-state index contributed by atoms with van der Waals surface area (Å²) in [7, 11) is 0. The molecule has 0 unspecified atom stereocenters. The monoisotopic (exact) mass is 417 g/mol. The van der Waals surface area contributed by atoms with Crippen molar-refractivity contribution in [3.63, 3.8) is 0 Å². The third-order valence-electron chi connectivity index (χ3n) is 4.71. The Balaban J connectivity index is 1.62. The van der Waals surface area contributed by atoms with Crippen LogP contribution in [0.15, 0.2) is 60.2 Å². The van der Waals surface area contributed by atoms with E-state index in [0.717, 1.165) is 35.5 Å². The number of aryl methyl sites for hydroxylation is 1. The van der Waals surface area contributed by atoms with Gasteiger partial charge < -0.3 is 10.6 Å². The van der Waals surface area contributed by atoms with Crippen LogP contribution in [0.25, 0.3) is 21.6 Å². The van der Waals surface area contributed by atoms with Gasteiger partial charge in [0.2, 0.25) is 0 Å². The van der Waals surface area contributed by atoms with Crippen molar-refractivity contribution < 1.29 is 4.79 Å². The number of aromatic nitrogens is 3. The van der Waals surface area contributed by atoms with Crippen molar-refractivity contribution in [1.82, 2.24) is 20.3 Å². The number of hydrogen-bond acceptors (Lipinski definition) is 6. The minimum Gasteiger partial charge on any atom is -0.369 e. The standard InChI is InChI=1S/C23H23N5OS/c1-2-25-23(29)18-15-30-20-19(18)27-21(17-10-13-24-14-11-17)28-22(20)26-12-6-9-16-7-4-3-5-8-16/h3-5,7-8,10-11,13-15H,2,6,9,12H2,1H3,(H,25,29)(H,26,27,28). The lowest BCUT2D eigenvalue weighted by molar-refractivity contribution is 0.0957. The smallest absolute Gasteiger partial charge is 0.254 e. The van der Waals surface area contributed by atoms with Crippen LogP contribution in [-0.2, 0) is 6.42 Å². The van der Waals surface area contributed by atoms with Crippen molar-refractivity contribution in [1.29, 1.82) is 0 Å². The molecule has 0 aliphatic carbocycles. The van der Waals surface area contributed by atoms with E-state index in [9.17, 15) is 4.79 Å². The van der Waals surface area contributed by atoms with Crippen molar-refractivity contribution in [2.45, 2.75) is 19.8 Å². The Bertz CT molecular complexity index is 1130. The summed E-state index contributed by atoms with van der Waals surface area (Å²) in [6, 6.07) is 14.2. The molecule has 2 N–H and O–H groups in total. The minimum atomic E-state index is -0.113. The highest BCUT2D eigenvalue weighted by atomic mass is 32.1. The molecule has 152 valence electrons. The van der Waals surface area contributed by atoms with Gasteiger partial charge in [0.05, 0.1) is 10.3 Å². The zero-order valence-corrected chi connectivity index (χ0v) is 17.6. The molecule has 4 aromatic rings. The SMILES string of the molecule is CCNC(=O)c1csc2c(NCCCc3ccccc3)nc(-c3ccncc3)nc12. The number of nitrogens with zero attached hydrogens (tertiary/aromatic N) is 3. The average molecular weight is 418 g/mol. The Hall–Kier alpha value is -3.32. The highest BCUT2D eigenvalue weighted by Gasteiger charge is 2.18. The van der Waals surface area contributed by atoms with Gasteiger partial charge in [0.15, 0.2) is 5.82 Å². The number of anilines is 1. The Morgan fingerprint density at radius 3 is 2.63 bits per heavy atom. The van der Waals surface area contributed by atoms with E-state index in [-0.39, 0.29) is 5.91 Å². The van der Waals surface area contributed by atoms with Crippen LogP contribution in [0.1, 0.15) is 29.3 Å². The molecule has 1 amide bonds. The summed E-state index contributed by atoms with van der Waals surface area (Å²) >= 11 is 1.49. The Kier molecular flexibility index (Phi) is 6.29. The summed E-state index contributed by atoms with van der Waals surface area (Å²) < 4.78 is 0.897. The lowest BCUT2D eigenvalue weighted by atomic mass is 10.1. The Morgan fingerprint density at radius 2 is 1.87 bits per heavy atom. The quantitative estimate of drug-likeness (QED) is 0.411. The minimum absolute atomic E-state index is 0.113. The fourth-order valence-corrected chi connectivity index (χ4v) is 4.18. The first-order valence-corrected chi connectivity index (χ1v) is 10.9. The normalized spacial score (nSPS) is 10.8. The van der Waals surface area contributed by atoms with Gasteiger partial charge in [-0.2, -0.15) is 0 Å². The summed E-state index contributed by atoms with van der Waals surface area (Å²) in [5.41, 5.74) is 3.45. The van der Waals surface area contributed by atoms with Crippen molar-refractivity contribution in [2.24, 2.45) is 0 Å². The molecule has 0 saturated heterocycles. The molecule has 0 radical (unpaired) electrons. The number of carbonyl (C=O) groups excluding carboxylic acids is 1. The molecular formula is C23H23N5OS. The van der Waals surface area contributed by atoms with Crippen LogP contribution in [0.3, 0.4) is 0 Å². The maximum absolute atomic E-state index is 12.5. The lowest BCUT2D eigenvalue weighted by Crippen LogP contribution is -2.22. The first kappa shape index (κ1) is 20.0. The number of thiophene rings is 1. The van der Waals surface area contributed by atoms with E-state index in [2.05, 4.69) is 39.9 Å². The maximum Gasteiger partial charge on any atom is 0.254 e. The van der Waals surface area contributed by atoms with Gasteiger partial charge in [-0.25, -0.2) is 9.97 Å². The largest absolute Gasteiger partial charge is 0.369 e. The average Bonchev–Trinajstić information content (AvgIpc) is 3.22. The molecule has 3 aromatic heterocycles. The number of rotatable bonds is 8. The van der Waals surface area contributed by atoms with E-state index in [4.69, 9.17) is 9.97 Å².